The van der Waals surface area contributed by atoms with E-state index in [4.69, 9.17) is 11.6 Å². The zero-order valence-corrected chi connectivity index (χ0v) is 10.7. The van der Waals surface area contributed by atoms with Crippen LogP contribution in [0, 0.1) is 0 Å². The average molecular weight is 239 g/mol. The summed E-state index contributed by atoms with van der Waals surface area (Å²) in [4.78, 5) is 2.39. The van der Waals surface area contributed by atoms with Crippen molar-refractivity contribution >= 4 is 17.3 Å². The summed E-state index contributed by atoms with van der Waals surface area (Å²) < 4.78 is 0. The first-order valence-electron chi connectivity index (χ1n) is 5.91. The molecule has 1 saturated heterocycles. The van der Waals surface area contributed by atoms with Crippen molar-refractivity contribution in [2.45, 2.75) is 32.4 Å². The van der Waals surface area contributed by atoms with Gasteiger partial charge in [-0.15, -0.1) is 0 Å². The summed E-state index contributed by atoms with van der Waals surface area (Å²) in [5.41, 5.74) is 1.24. The molecule has 16 heavy (non-hydrogen) atoms. The zero-order valence-electron chi connectivity index (χ0n) is 9.91. The molecule has 0 radical (unpaired) electrons. The third-order valence-electron chi connectivity index (χ3n) is 2.93. The summed E-state index contributed by atoms with van der Waals surface area (Å²) in [6.45, 7) is 6.59. The Hall–Kier alpha value is -0.730. The van der Waals surface area contributed by atoms with E-state index in [1.807, 2.05) is 18.2 Å². The first kappa shape index (κ1) is 11.7. The lowest BCUT2D eigenvalue weighted by atomic mass is 10.2. The van der Waals surface area contributed by atoms with Crippen LogP contribution in [0.25, 0.3) is 0 Å². The molecule has 1 aromatic rings. The average Bonchev–Trinajstić information content (AvgIpc) is 2.65. The highest BCUT2D eigenvalue weighted by molar-refractivity contribution is 6.30. The molecule has 3 heteroatoms. The van der Waals surface area contributed by atoms with E-state index in [0.717, 1.165) is 18.1 Å². The van der Waals surface area contributed by atoms with Gasteiger partial charge in [-0.05, 0) is 24.6 Å². The maximum absolute atomic E-state index is 6.00. The predicted octanol–water partition coefficient (Wildman–Crippen LogP) is 2.92. The Morgan fingerprint density at radius 3 is 2.94 bits per heavy atom. The van der Waals surface area contributed by atoms with E-state index in [-0.39, 0.29) is 0 Å². The van der Waals surface area contributed by atoms with E-state index in [1.165, 1.54) is 12.1 Å². The molecule has 0 amide bonds. The van der Waals surface area contributed by atoms with E-state index in [1.54, 1.807) is 0 Å². The van der Waals surface area contributed by atoms with Crippen molar-refractivity contribution in [3.8, 4) is 0 Å². The molecule has 1 aliphatic heterocycles. The van der Waals surface area contributed by atoms with Gasteiger partial charge in [0, 0.05) is 35.9 Å². The normalized spacial score (nSPS) is 20.8. The summed E-state index contributed by atoms with van der Waals surface area (Å²) in [6, 6.07) is 9.28. The van der Waals surface area contributed by atoms with Gasteiger partial charge >= 0.3 is 0 Å². The molecule has 1 atom stereocenters. The van der Waals surface area contributed by atoms with Crippen molar-refractivity contribution in [1.29, 1.82) is 0 Å². The zero-order chi connectivity index (χ0) is 11.5. The van der Waals surface area contributed by atoms with Gasteiger partial charge in [-0.1, -0.05) is 31.5 Å². The fourth-order valence-corrected chi connectivity index (χ4v) is 2.46. The molecule has 88 valence electrons. The van der Waals surface area contributed by atoms with Gasteiger partial charge in [0.1, 0.15) is 0 Å². The minimum absolute atomic E-state index is 0.560. The van der Waals surface area contributed by atoms with Crippen LogP contribution in [-0.2, 0) is 0 Å². The lowest BCUT2D eigenvalue weighted by Crippen LogP contribution is -2.36. The number of halogens is 1. The minimum atomic E-state index is 0.560. The Morgan fingerprint density at radius 2 is 2.25 bits per heavy atom. The third-order valence-corrected chi connectivity index (χ3v) is 3.17. The molecule has 0 saturated carbocycles. The van der Waals surface area contributed by atoms with Crippen molar-refractivity contribution in [1.82, 2.24) is 5.32 Å². The van der Waals surface area contributed by atoms with Gasteiger partial charge in [-0.3, -0.25) is 0 Å². The van der Waals surface area contributed by atoms with Crippen LogP contribution < -0.4 is 10.2 Å². The van der Waals surface area contributed by atoms with Crippen molar-refractivity contribution in [2.24, 2.45) is 0 Å². The maximum Gasteiger partial charge on any atom is 0.0426 e. The van der Waals surface area contributed by atoms with E-state index in [0.29, 0.717) is 12.1 Å². The van der Waals surface area contributed by atoms with E-state index in [9.17, 15) is 0 Å². The summed E-state index contributed by atoms with van der Waals surface area (Å²) in [5, 5.41) is 4.40. The van der Waals surface area contributed by atoms with Gasteiger partial charge in [-0.2, -0.15) is 0 Å². The lowest BCUT2D eigenvalue weighted by Gasteiger charge is -2.20. The smallest absolute Gasteiger partial charge is 0.0426 e. The van der Waals surface area contributed by atoms with Gasteiger partial charge in [0.2, 0.25) is 0 Å². The Kier molecular flexibility index (Phi) is 3.72. The number of nitrogens with one attached hydrogen (secondary N) is 1. The van der Waals surface area contributed by atoms with Gasteiger partial charge < -0.3 is 10.2 Å². The standard InChI is InChI=1S/C13H19ClN2/c1-10(2)15-12-6-7-16(9-12)13-5-3-4-11(14)8-13/h3-5,8,10,12,15H,6-7,9H2,1-2H3. The lowest BCUT2D eigenvalue weighted by molar-refractivity contribution is 0.492. The fourth-order valence-electron chi connectivity index (χ4n) is 2.28. The highest BCUT2D eigenvalue weighted by Crippen LogP contribution is 2.23. The van der Waals surface area contributed by atoms with E-state index < -0.39 is 0 Å². The quantitative estimate of drug-likeness (QED) is 0.871. The van der Waals surface area contributed by atoms with Gasteiger partial charge in [0.15, 0.2) is 0 Å². The van der Waals surface area contributed by atoms with Gasteiger partial charge in [-0.25, -0.2) is 0 Å². The number of hydrogen-bond donors (Lipinski definition) is 1. The van der Waals surface area contributed by atoms with Crippen molar-refractivity contribution < 1.29 is 0 Å². The first-order chi connectivity index (χ1) is 7.65. The van der Waals surface area contributed by atoms with Crippen LogP contribution in [0.2, 0.25) is 5.02 Å². The van der Waals surface area contributed by atoms with E-state index >= 15 is 0 Å². The SMILES string of the molecule is CC(C)NC1CCN(c2cccc(Cl)c2)C1. The molecule has 1 unspecified atom stereocenters. The molecule has 1 aromatic carbocycles. The molecule has 0 spiro atoms. The molecule has 2 nitrogen and oxygen atoms in total. The minimum Gasteiger partial charge on any atom is -0.370 e. The van der Waals surface area contributed by atoms with Gasteiger partial charge in [0.25, 0.3) is 0 Å². The Morgan fingerprint density at radius 1 is 1.44 bits per heavy atom. The van der Waals surface area contributed by atoms with E-state index in [2.05, 4.69) is 30.1 Å². The van der Waals surface area contributed by atoms with Crippen LogP contribution in [0.1, 0.15) is 20.3 Å². The van der Waals surface area contributed by atoms with Crippen LogP contribution >= 0.6 is 11.6 Å². The monoisotopic (exact) mass is 238 g/mol. The largest absolute Gasteiger partial charge is 0.370 e. The molecule has 0 aromatic heterocycles. The van der Waals surface area contributed by atoms with Crippen molar-refractivity contribution in [2.75, 3.05) is 18.0 Å². The Labute approximate surface area is 103 Å². The molecule has 1 aliphatic rings. The highest BCUT2D eigenvalue weighted by atomic mass is 35.5. The predicted molar refractivity (Wildman–Crippen MR) is 70.3 cm³/mol. The summed E-state index contributed by atoms with van der Waals surface area (Å²) in [7, 11) is 0. The molecule has 0 bridgehead atoms. The second kappa shape index (κ2) is 5.07. The van der Waals surface area contributed by atoms with Crippen LogP contribution in [0.15, 0.2) is 24.3 Å². The Balaban J connectivity index is 1.98. The summed E-state index contributed by atoms with van der Waals surface area (Å²) >= 11 is 6.00. The summed E-state index contributed by atoms with van der Waals surface area (Å²) in [6.07, 6.45) is 1.21. The number of hydrogen-bond acceptors (Lipinski definition) is 2. The Bertz CT molecular complexity index is 352. The number of nitrogens with zero attached hydrogens (tertiary/aromatic N) is 1. The summed E-state index contributed by atoms with van der Waals surface area (Å²) in [5.74, 6) is 0. The van der Waals surface area contributed by atoms with Crippen molar-refractivity contribution in [3.05, 3.63) is 29.3 Å². The second-order valence-corrected chi connectivity index (χ2v) is 5.17. The number of anilines is 1. The first-order valence-corrected chi connectivity index (χ1v) is 6.29. The molecular weight excluding hydrogens is 220 g/mol. The van der Waals surface area contributed by atoms with Crippen molar-refractivity contribution in [3.63, 3.8) is 0 Å². The number of benzene rings is 1. The van der Waals surface area contributed by atoms with Crippen LogP contribution in [-0.4, -0.2) is 25.2 Å². The van der Waals surface area contributed by atoms with Crippen LogP contribution in [0.4, 0.5) is 5.69 Å². The van der Waals surface area contributed by atoms with Crippen LogP contribution in [0.3, 0.4) is 0 Å². The van der Waals surface area contributed by atoms with Gasteiger partial charge in [0.05, 0.1) is 0 Å². The molecule has 1 heterocycles. The molecule has 0 aliphatic carbocycles. The molecule has 2 rings (SSSR count). The molecule has 1 fully saturated rings. The van der Waals surface area contributed by atoms with Crippen LogP contribution in [0.5, 0.6) is 0 Å². The second-order valence-electron chi connectivity index (χ2n) is 4.73. The topological polar surface area (TPSA) is 15.3 Å². The molecule has 1 N–H and O–H groups in total. The third kappa shape index (κ3) is 2.89. The highest BCUT2D eigenvalue weighted by Gasteiger charge is 2.22. The fraction of sp³-hybridized carbons (Fsp3) is 0.538. The maximum atomic E-state index is 6.00. The number of rotatable bonds is 3. The molecular formula is C13H19ClN2.